The number of rotatable bonds is 4. The van der Waals surface area contributed by atoms with Gasteiger partial charge in [-0.15, -0.1) is 0 Å². The predicted octanol–water partition coefficient (Wildman–Crippen LogP) is 2.84. The van der Waals surface area contributed by atoms with Crippen LogP contribution in [0.1, 0.15) is 24.8 Å². The molecule has 3 nitrogen and oxygen atoms in total. The molecule has 3 rings (SSSR count). The van der Waals surface area contributed by atoms with Crippen LogP contribution in [0.25, 0.3) is 10.9 Å². The van der Waals surface area contributed by atoms with Crippen LogP contribution >= 0.6 is 12.2 Å². The number of ether oxygens (including phenoxy) is 1. The molecule has 0 amide bonds. The van der Waals surface area contributed by atoms with Crippen LogP contribution in [0.15, 0.2) is 30.5 Å². The molecule has 0 aliphatic carbocycles. The van der Waals surface area contributed by atoms with Crippen LogP contribution < -0.4 is 5.73 Å². The Balaban J connectivity index is 1.84. The Morgan fingerprint density at radius 3 is 3.05 bits per heavy atom. The summed E-state index contributed by atoms with van der Waals surface area (Å²) in [6.45, 7) is 1.90. The first-order valence-electron chi connectivity index (χ1n) is 6.75. The van der Waals surface area contributed by atoms with Crippen molar-refractivity contribution in [3.63, 3.8) is 0 Å². The Bertz CT molecular complexity index is 599. The lowest BCUT2D eigenvalue weighted by molar-refractivity contribution is 0.101. The molecule has 0 saturated carbocycles. The lowest BCUT2D eigenvalue weighted by Crippen LogP contribution is -2.10. The SMILES string of the molecule is NC(=S)c1cccc2c1ccn2CCC1CCCO1. The minimum atomic E-state index is 0.427. The van der Waals surface area contributed by atoms with Gasteiger partial charge in [0.05, 0.1) is 6.10 Å². The lowest BCUT2D eigenvalue weighted by atomic mass is 10.1. The highest BCUT2D eigenvalue weighted by Crippen LogP contribution is 2.22. The number of hydrogen-bond donors (Lipinski definition) is 1. The van der Waals surface area contributed by atoms with E-state index in [1.54, 1.807) is 0 Å². The smallest absolute Gasteiger partial charge is 0.104 e. The highest BCUT2D eigenvalue weighted by atomic mass is 32.1. The van der Waals surface area contributed by atoms with Crippen LogP contribution in [-0.4, -0.2) is 22.3 Å². The molecule has 2 heterocycles. The van der Waals surface area contributed by atoms with Gasteiger partial charge in [-0.05, 0) is 31.4 Å². The number of thiocarbonyl (C=S) groups is 1. The monoisotopic (exact) mass is 274 g/mol. The van der Waals surface area contributed by atoms with Crippen molar-refractivity contribution in [2.24, 2.45) is 5.73 Å². The van der Waals surface area contributed by atoms with Gasteiger partial charge < -0.3 is 15.0 Å². The topological polar surface area (TPSA) is 40.2 Å². The van der Waals surface area contributed by atoms with Crippen LogP contribution in [0.3, 0.4) is 0 Å². The van der Waals surface area contributed by atoms with Gasteiger partial charge in [0.1, 0.15) is 4.99 Å². The molecule has 1 aromatic heterocycles. The Morgan fingerprint density at radius 2 is 2.32 bits per heavy atom. The van der Waals surface area contributed by atoms with Gasteiger partial charge in [-0.2, -0.15) is 0 Å². The fourth-order valence-corrected chi connectivity index (χ4v) is 2.97. The second-order valence-electron chi connectivity index (χ2n) is 5.04. The van der Waals surface area contributed by atoms with Crippen molar-refractivity contribution >= 4 is 28.1 Å². The lowest BCUT2D eigenvalue weighted by Gasteiger charge is -2.11. The molecular formula is C15H18N2OS. The molecule has 0 bridgehead atoms. The van der Waals surface area contributed by atoms with Crippen LogP contribution in [0, 0.1) is 0 Å². The van der Waals surface area contributed by atoms with E-state index in [1.807, 2.05) is 12.1 Å². The first kappa shape index (κ1) is 12.6. The number of nitrogens with zero attached hydrogens (tertiary/aromatic N) is 1. The minimum Gasteiger partial charge on any atom is -0.389 e. The largest absolute Gasteiger partial charge is 0.389 e. The second-order valence-corrected chi connectivity index (χ2v) is 5.48. The molecule has 19 heavy (non-hydrogen) atoms. The van der Waals surface area contributed by atoms with Crippen molar-refractivity contribution in [3.8, 4) is 0 Å². The van der Waals surface area contributed by atoms with E-state index in [-0.39, 0.29) is 0 Å². The summed E-state index contributed by atoms with van der Waals surface area (Å²) in [6, 6.07) is 8.21. The Labute approximate surface area is 118 Å². The Hall–Kier alpha value is -1.39. The molecule has 0 radical (unpaired) electrons. The van der Waals surface area contributed by atoms with Gasteiger partial charge in [-0.1, -0.05) is 24.4 Å². The number of fused-ring (bicyclic) bond motifs is 1. The molecule has 1 unspecified atom stereocenters. The average molecular weight is 274 g/mol. The van der Waals surface area contributed by atoms with E-state index in [2.05, 4.69) is 22.9 Å². The van der Waals surface area contributed by atoms with Gasteiger partial charge in [0, 0.05) is 35.8 Å². The van der Waals surface area contributed by atoms with Crippen molar-refractivity contribution in [1.29, 1.82) is 0 Å². The molecule has 1 fully saturated rings. The summed E-state index contributed by atoms with van der Waals surface area (Å²) in [5.41, 5.74) is 7.92. The first-order chi connectivity index (χ1) is 9.25. The maximum absolute atomic E-state index is 5.76. The number of nitrogens with two attached hydrogens (primary N) is 1. The minimum absolute atomic E-state index is 0.427. The van der Waals surface area contributed by atoms with Crippen molar-refractivity contribution in [3.05, 3.63) is 36.0 Å². The summed E-state index contributed by atoms with van der Waals surface area (Å²) in [5.74, 6) is 0. The summed E-state index contributed by atoms with van der Waals surface area (Å²) < 4.78 is 7.93. The van der Waals surface area contributed by atoms with E-state index in [9.17, 15) is 0 Å². The van der Waals surface area contributed by atoms with E-state index in [0.717, 1.165) is 30.5 Å². The van der Waals surface area contributed by atoms with Crippen LogP contribution in [0.5, 0.6) is 0 Å². The second kappa shape index (κ2) is 5.31. The molecule has 100 valence electrons. The zero-order chi connectivity index (χ0) is 13.2. The third-order valence-corrected chi connectivity index (χ3v) is 4.02. The summed E-state index contributed by atoms with van der Waals surface area (Å²) in [4.78, 5) is 0.461. The van der Waals surface area contributed by atoms with Gasteiger partial charge in [-0.25, -0.2) is 0 Å². The number of hydrogen-bond acceptors (Lipinski definition) is 2. The van der Waals surface area contributed by atoms with Crippen LogP contribution in [0.4, 0.5) is 0 Å². The number of benzene rings is 1. The molecular weight excluding hydrogens is 256 g/mol. The zero-order valence-electron chi connectivity index (χ0n) is 10.8. The van der Waals surface area contributed by atoms with Gasteiger partial charge >= 0.3 is 0 Å². The highest BCUT2D eigenvalue weighted by molar-refractivity contribution is 7.80. The van der Waals surface area contributed by atoms with E-state index in [1.165, 1.54) is 18.4 Å². The molecule has 1 aromatic carbocycles. The van der Waals surface area contributed by atoms with Gasteiger partial charge in [-0.3, -0.25) is 0 Å². The van der Waals surface area contributed by atoms with Crippen molar-refractivity contribution in [2.45, 2.75) is 31.9 Å². The van der Waals surface area contributed by atoms with Crippen molar-refractivity contribution in [1.82, 2.24) is 4.57 Å². The standard InChI is InChI=1S/C15H18N2OS/c16-15(19)13-4-1-5-14-12(13)7-9-17(14)8-6-11-3-2-10-18-11/h1,4-5,7,9,11H,2-3,6,8,10H2,(H2,16,19). The van der Waals surface area contributed by atoms with Crippen LogP contribution in [0.2, 0.25) is 0 Å². The molecule has 1 atom stereocenters. The van der Waals surface area contributed by atoms with Gasteiger partial charge in [0.2, 0.25) is 0 Å². The summed E-state index contributed by atoms with van der Waals surface area (Å²) in [6.07, 6.45) is 6.00. The summed E-state index contributed by atoms with van der Waals surface area (Å²) >= 11 is 5.10. The molecule has 1 saturated heterocycles. The molecule has 2 aromatic rings. The third-order valence-electron chi connectivity index (χ3n) is 3.80. The molecule has 4 heteroatoms. The maximum atomic E-state index is 5.76. The zero-order valence-corrected chi connectivity index (χ0v) is 11.7. The summed E-state index contributed by atoms with van der Waals surface area (Å²) in [5, 5.41) is 1.14. The first-order valence-corrected chi connectivity index (χ1v) is 7.16. The van der Waals surface area contributed by atoms with Crippen molar-refractivity contribution < 1.29 is 4.74 Å². The fraction of sp³-hybridized carbons (Fsp3) is 0.400. The third kappa shape index (κ3) is 2.51. The Morgan fingerprint density at radius 1 is 1.42 bits per heavy atom. The van der Waals surface area contributed by atoms with E-state index < -0.39 is 0 Å². The molecule has 1 aliphatic heterocycles. The fourth-order valence-electron chi connectivity index (χ4n) is 2.79. The van der Waals surface area contributed by atoms with E-state index in [4.69, 9.17) is 22.7 Å². The van der Waals surface area contributed by atoms with Gasteiger partial charge in [0.15, 0.2) is 0 Å². The number of aromatic nitrogens is 1. The normalized spacial score (nSPS) is 19.1. The Kier molecular flexibility index (Phi) is 3.53. The molecule has 1 aliphatic rings. The van der Waals surface area contributed by atoms with E-state index >= 15 is 0 Å². The molecule has 0 spiro atoms. The predicted molar refractivity (Wildman–Crippen MR) is 81.4 cm³/mol. The number of aryl methyl sites for hydroxylation is 1. The average Bonchev–Trinajstić information content (AvgIpc) is 3.05. The molecule has 2 N–H and O–H groups in total. The quantitative estimate of drug-likeness (QED) is 0.872. The van der Waals surface area contributed by atoms with Crippen LogP contribution in [-0.2, 0) is 11.3 Å². The maximum Gasteiger partial charge on any atom is 0.104 e. The van der Waals surface area contributed by atoms with Gasteiger partial charge in [0.25, 0.3) is 0 Å². The van der Waals surface area contributed by atoms with Crippen molar-refractivity contribution in [2.75, 3.05) is 6.61 Å². The summed E-state index contributed by atoms with van der Waals surface area (Å²) in [7, 11) is 0. The van der Waals surface area contributed by atoms with E-state index in [0.29, 0.717) is 11.1 Å². The highest BCUT2D eigenvalue weighted by Gasteiger charge is 2.15.